The lowest BCUT2D eigenvalue weighted by molar-refractivity contribution is 0.0957. The molecule has 1 amide bonds. The number of ether oxygens (including phenoxy) is 2. The van der Waals surface area contributed by atoms with Gasteiger partial charge in [-0.05, 0) is 41.5 Å². The number of carbonyl (C=O) groups is 1. The summed E-state index contributed by atoms with van der Waals surface area (Å²) in [5.74, 6) is 1.24. The molecule has 3 aromatic carbocycles. The molecular formula is C26H26N6O3. The number of hydrogen-bond acceptors (Lipinski definition) is 7. The normalized spacial score (nSPS) is 10.8. The lowest BCUT2D eigenvalue weighted by Crippen LogP contribution is -2.20. The SMILES string of the molecule is COc1ccc(/C=N/NC(=O)c2c(N)nn(C)c2Nc2ccccc2)cc1OCc1ccccc1. The van der Waals surface area contributed by atoms with E-state index in [4.69, 9.17) is 15.2 Å². The molecule has 9 heteroatoms. The van der Waals surface area contributed by atoms with Crippen molar-refractivity contribution in [1.29, 1.82) is 0 Å². The fraction of sp³-hybridized carbons (Fsp3) is 0.115. The quantitative estimate of drug-likeness (QED) is 0.251. The molecular weight excluding hydrogens is 444 g/mol. The van der Waals surface area contributed by atoms with Gasteiger partial charge in [0.1, 0.15) is 18.0 Å². The van der Waals surface area contributed by atoms with Gasteiger partial charge < -0.3 is 20.5 Å². The van der Waals surface area contributed by atoms with Gasteiger partial charge in [0.2, 0.25) is 0 Å². The largest absolute Gasteiger partial charge is 0.493 e. The standard InChI is InChI=1S/C26H26N6O3/c1-32-25(29-20-11-7-4-8-12-20)23(24(27)31-32)26(33)30-28-16-19-13-14-21(34-2)22(15-19)35-17-18-9-5-3-6-10-18/h3-16,29H,17H2,1-2H3,(H2,27,31)(H,30,33)/b28-16+. The van der Waals surface area contributed by atoms with Crippen LogP contribution in [0.2, 0.25) is 0 Å². The third-order valence-electron chi connectivity index (χ3n) is 5.14. The Balaban J connectivity index is 1.46. The van der Waals surface area contributed by atoms with Crippen molar-refractivity contribution in [3.05, 3.63) is 95.6 Å². The molecule has 0 spiro atoms. The van der Waals surface area contributed by atoms with Gasteiger partial charge in [0.05, 0.1) is 13.3 Å². The smallest absolute Gasteiger partial charge is 0.278 e. The molecule has 0 aliphatic rings. The molecule has 0 saturated heterocycles. The number of anilines is 3. The monoisotopic (exact) mass is 470 g/mol. The van der Waals surface area contributed by atoms with Crippen LogP contribution in [-0.2, 0) is 13.7 Å². The van der Waals surface area contributed by atoms with E-state index in [-0.39, 0.29) is 11.4 Å². The molecule has 0 fully saturated rings. The fourth-order valence-corrected chi connectivity index (χ4v) is 3.41. The number of methoxy groups -OCH3 is 1. The number of para-hydroxylation sites is 1. The van der Waals surface area contributed by atoms with Gasteiger partial charge in [0.25, 0.3) is 5.91 Å². The van der Waals surface area contributed by atoms with Gasteiger partial charge in [-0.1, -0.05) is 48.5 Å². The third-order valence-corrected chi connectivity index (χ3v) is 5.14. The molecule has 0 bridgehead atoms. The average molecular weight is 471 g/mol. The number of nitrogens with one attached hydrogen (secondary N) is 2. The molecule has 4 aromatic rings. The second-order valence-electron chi connectivity index (χ2n) is 7.61. The summed E-state index contributed by atoms with van der Waals surface area (Å²) >= 11 is 0. The van der Waals surface area contributed by atoms with Gasteiger partial charge in [-0.25, -0.2) is 10.1 Å². The Labute approximate surface area is 203 Å². The van der Waals surface area contributed by atoms with Crippen LogP contribution in [0.5, 0.6) is 11.5 Å². The van der Waals surface area contributed by atoms with E-state index < -0.39 is 5.91 Å². The minimum absolute atomic E-state index is 0.0969. The summed E-state index contributed by atoms with van der Waals surface area (Å²) in [6.45, 7) is 0.395. The molecule has 4 N–H and O–H groups in total. The maximum absolute atomic E-state index is 12.9. The zero-order valence-electron chi connectivity index (χ0n) is 19.4. The number of nitrogen functional groups attached to an aromatic ring is 1. The number of aryl methyl sites for hydroxylation is 1. The van der Waals surface area contributed by atoms with Crippen molar-refractivity contribution in [2.45, 2.75) is 6.61 Å². The number of aromatic nitrogens is 2. The first kappa shape index (κ1) is 23.4. The fourth-order valence-electron chi connectivity index (χ4n) is 3.41. The van der Waals surface area contributed by atoms with E-state index in [9.17, 15) is 4.79 Å². The van der Waals surface area contributed by atoms with Crippen LogP contribution in [0.1, 0.15) is 21.5 Å². The number of benzene rings is 3. The molecule has 178 valence electrons. The Bertz CT molecular complexity index is 1320. The van der Waals surface area contributed by atoms with Gasteiger partial charge in [-0.2, -0.15) is 10.2 Å². The van der Waals surface area contributed by atoms with Crippen molar-refractivity contribution in [2.75, 3.05) is 18.2 Å². The van der Waals surface area contributed by atoms with Crippen molar-refractivity contribution in [1.82, 2.24) is 15.2 Å². The molecule has 0 aliphatic carbocycles. The summed E-state index contributed by atoms with van der Waals surface area (Å²) < 4.78 is 12.8. The zero-order chi connectivity index (χ0) is 24.6. The molecule has 9 nitrogen and oxygen atoms in total. The van der Waals surface area contributed by atoms with Gasteiger partial charge in [0, 0.05) is 12.7 Å². The molecule has 1 aromatic heterocycles. The predicted octanol–water partition coefficient (Wildman–Crippen LogP) is 4.10. The van der Waals surface area contributed by atoms with Gasteiger partial charge in [-0.3, -0.25) is 4.79 Å². The van der Waals surface area contributed by atoms with Crippen LogP contribution >= 0.6 is 0 Å². The number of nitrogens with zero attached hydrogens (tertiary/aromatic N) is 3. The van der Waals surface area contributed by atoms with Crippen LogP contribution in [0.4, 0.5) is 17.3 Å². The lowest BCUT2D eigenvalue weighted by Gasteiger charge is -2.11. The van der Waals surface area contributed by atoms with E-state index in [0.29, 0.717) is 23.9 Å². The summed E-state index contributed by atoms with van der Waals surface area (Å²) in [7, 11) is 3.29. The lowest BCUT2D eigenvalue weighted by atomic mass is 10.2. The van der Waals surface area contributed by atoms with E-state index in [1.54, 1.807) is 26.3 Å². The van der Waals surface area contributed by atoms with Crippen molar-refractivity contribution < 1.29 is 14.3 Å². The Hall–Kier alpha value is -4.79. The number of hydrazone groups is 1. The van der Waals surface area contributed by atoms with Crippen LogP contribution in [-0.4, -0.2) is 29.0 Å². The average Bonchev–Trinajstić information content (AvgIpc) is 3.16. The van der Waals surface area contributed by atoms with Crippen LogP contribution in [0.25, 0.3) is 0 Å². The predicted molar refractivity (Wildman–Crippen MR) is 136 cm³/mol. The maximum Gasteiger partial charge on any atom is 0.278 e. The second-order valence-corrected chi connectivity index (χ2v) is 7.61. The van der Waals surface area contributed by atoms with Crippen molar-refractivity contribution in [2.24, 2.45) is 12.1 Å². The number of amides is 1. The highest BCUT2D eigenvalue weighted by Crippen LogP contribution is 2.28. The number of carbonyl (C=O) groups excluding carboxylic acids is 1. The van der Waals surface area contributed by atoms with Crippen molar-refractivity contribution >= 4 is 29.4 Å². The minimum atomic E-state index is -0.487. The van der Waals surface area contributed by atoms with Crippen LogP contribution < -0.4 is 25.9 Å². The summed E-state index contributed by atoms with van der Waals surface area (Å²) in [5.41, 5.74) is 11.3. The van der Waals surface area contributed by atoms with E-state index >= 15 is 0 Å². The second kappa shape index (κ2) is 10.9. The van der Waals surface area contributed by atoms with E-state index in [0.717, 1.165) is 16.8 Å². The Morgan fingerprint density at radius 2 is 1.77 bits per heavy atom. The first-order valence-corrected chi connectivity index (χ1v) is 10.9. The molecule has 0 saturated carbocycles. The molecule has 35 heavy (non-hydrogen) atoms. The number of nitrogens with two attached hydrogens (primary N) is 1. The van der Waals surface area contributed by atoms with E-state index in [1.807, 2.05) is 66.7 Å². The highest BCUT2D eigenvalue weighted by Gasteiger charge is 2.21. The summed E-state index contributed by atoms with van der Waals surface area (Å²) in [6, 6.07) is 24.7. The Morgan fingerprint density at radius 1 is 1.06 bits per heavy atom. The topological polar surface area (TPSA) is 116 Å². The molecule has 4 rings (SSSR count). The Morgan fingerprint density at radius 3 is 2.49 bits per heavy atom. The maximum atomic E-state index is 12.9. The first-order valence-electron chi connectivity index (χ1n) is 10.9. The molecule has 0 atom stereocenters. The number of rotatable bonds is 9. The summed E-state index contributed by atoms with van der Waals surface area (Å²) in [4.78, 5) is 12.9. The first-order chi connectivity index (χ1) is 17.0. The van der Waals surface area contributed by atoms with Crippen LogP contribution in [0, 0.1) is 0 Å². The van der Waals surface area contributed by atoms with Crippen LogP contribution in [0.15, 0.2) is 84.0 Å². The molecule has 0 radical (unpaired) electrons. The highest BCUT2D eigenvalue weighted by atomic mass is 16.5. The highest BCUT2D eigenvalue weighted by molar-refractivity contribution is 6.04. The minimum Gasteiger partial charge on any atom is -0.493 e. The van der Waals surface area contributed by atoms with Crippen LogP contribution in [0.3, 0.4) is 0 Å². The summed E-state index contributed by atoms with van der Waals surface area (Å²) in [6.07, 6.45) is 1.52. The van der Waals surface area contributed by atoms with Gasteiger partial charge in [-0.15, -0.1) is 0 Å². The molecule has 1 heterocycles. The molecule has 0 unspecified atom stereocenters. The van der Waals surface area contributed by atoms with Gasteiger partial charge >= 0.3 is 0 Å². The van der Waals surface area contributed by atoms with Gasteiger partial charge in [0.15, 0.2) is 17.3 Å². The summed E-state index contributed by atoms with van der Waals surface area (Å²) in [5, 5.41) is 11.4. The van der Waals surface area contributed by atoms with E-state index in [1.165, 1.54) is 10.9 Å². The van der Waals surface area contributed by atoms with Crippen molar-refractivity contribution in [3.8, 4) is 11.5 Å². The van der Waals surface area contributed by atoms with E-state index in [2.05, 4.69) is 20.9 Å². The third kappa shape index (κ3) is 5.77. The number of hydrogen-bond donors (Lipinski definition) is 3. The van der Waals surface area contributed by atoms with Crippen molar-refractivity contribution in [3.63, 3.8) is 0 Å². The molecule has 0 aliphatic heterocycles. The zero-order valence-corrected chi connectivity index (χ0v) is 19.4. The Kier molecular flexibility index (Phi) is 7.27.